The van der Waals surface area contributed by atoms with Crippen LogP contribution < -0.4 is 9.46 Å². The minimum atomic E-state index is -1.40. The highest BCUT2D eigenvalue weighted by molar-refractivity contribution is 7.83. The second kappa shape index (κ2) is 8.01. The lowest BCUT2D eigenvalue weighted by Crippen LogP contribution is -2.18. The predicted molar refractivity (Wildman–Crippen MR) is 100 cm³/mol. The molecule has 5 nitrogen and oxygen atoms in total. The van der Waals surface area contributed by atoms with Gasteiger partial charge in [-0.05, 0) is 35.9 Å². The number of aromatic nitrogens is 1. The van der Waals surface area contributed by atoms with Gasteiger partial charge in [-0.1, -0.05) is 23.7 Å². The molecule has 0 saturated heterocycles. The molecule has 0 fully saturated rings. The number of H-pyrrole nitrogens is 1. The maximum Gasteiger partial charge on any atom is 0.142 e. The number of hydrogen-bond donors (Lipinski definition) is 2. The molecule has 3 rings (SSSR count). The minimum absolute atomic E-state index is 0.358. The maximum atomic E-state index is 12.8. The van der Waals surface area contributed by atoms with E-state index in [0.29, 0.717) is 23.2 Å². The summed E-state index contributed by atoms with van der Waals surface area (Å²) in [4.78, 5) is 3.23. The lowest BCUT2D eigenvalue weighted by atomic mass is 10.2. The molecule has 0 aliphatic rings. The Bertz CT molecular complexity index is 893. The summed E-state index contributed by atoms with van der Waals surface area (Å²) in [5, 5.41) is 2.23. The number of nitrogens with one attached hydrogen (secondary N) is 2. The van der Waals surface area contributed by atoms with Crippen LogP contribution in [0.15, 0.2) is 47.5 Å². The molecule has 0 saturated carbocycles. The average Bonchev–Trinajstić information content (AvgIpc) is 2.99. The van der Waals surface area contributed by atoms with Crippen molar-refractivity contribution >= 4 is 33.5 Å². The summed E-state index contributed by atoms with van der Waals surface area (Å²) in [5.41, 5.74) is 2.76. The van der Waals surface area contributed by atoms with E-state index in [2.05, 4.69) is 9.71 Å². The summed E-state index contributed by atoms with van der Waals surface area (Å²) < 4.78 is 26.4. The molecule has 25 heavy (non-hydrogen) atoms. The summed E-state index contributed by atoms with van der Waals surface area (Å²) in [6, 6.07) is 13.1. The average molecular weight is 379 g/mol. The largest absolute Gasteiger partial charge is 0.497 e. The number of halogens is 1. The Balaban J connectivity index is 1.86. The molecule has 1 aromatic heterocycles. The first-order chi connectivity index (χ1) is 12.1. The number of fused-ring (bicyclic) bond motifs is 1. The van der Waals surface area contributed by atoms with Gasteiger partial charge in [-0.2, -0.15) is 0 Å². The van der Waals surface area contributed by atoms with Crippen LogP contribution in [0, 0.1) is 0 Å². The van der Waals surface area contributed by atoms with E-state index < -0.39 is 11.0 Å². The van der Waals surface area contributed by atoms with Crippen molar-refractivity contribution in [1.82, 2.24) is 9.71 Å². The van der Waals surface area contributed by atoms with Crippen LogP contribution in [0.3, 0.4) is 0 Å². The van der Waals surface area contributed by atoms with Gasteiger partial charge in [0.05, 0.1) is 13.7 Å². The number of aromatic amines is 1. The van der Waals surface area contributed by atoms with Crippen molar-refractivity contribution in [1.29, 1.82) is 0 Å². The van der Waals surface area contributed by atoms with Gasteiger partial charge in [0.1, 0.15) is 21.8 Å². The molecule has 7 heteroatoms. The summed E-state index contributed by atoms with van der Waals surface area (Å²) >= 11 is 5.89. The molecule has 1 atom stereocenters. The molecule has 1 heterocycles. The number of rotatable bonds is 7. The van der Waals surface area contributed by atoms with Gasteiger partial charge in [0, 0.05) is 35.1 Å². The van der Waals surface area contributed by atoms with Gasteiger partial charge in [0.25, 0.3) is 0 Å². The summed E-state index contributed by atoms with van der Waals surface area (Å²) in [6.45, 7) is 0.825. The van der Waals surface area contributed by atoms with E-state index in [4.69, 9.17) is 21.1 Å². The van der Waals surface area contributed by atoms with Crippen molar-refractivity contribution in [2.75, 3.05) is 14.2 Å². The number of hydrogen-bond acceptors (Lipinski definition) is 3. The molecule has 132 valence electrons. The van der Waals surface area contributed by atoms with E-state index in [0.717, 1.165) is 27.8 Å². The highest BCUT2D eigenvalue weighted by Crippen LogP contribution is 2.28. The SMILES string of the molecule is COCc1c(S(=O)NCc2ccc(Cl)cc2)[nH]c2ccc(OC)cc12. The van der Waals surface area contributed by atoms with Crippen LogP contribution in [0.25, 0.3) is 10.9 Å². The van der Waals surface area contributed by atoms with E-state index in [1.807, 2.05) is 42.5 Å². The van der Waals surface area contributed by atoms with Gasteiger partial charge in [0.15, 0.2) is 0 Å². The van der Waals surface area contributed by atoms with Crippen LogP contribution in [0.1, 0.15) is 11.1 Å². The molecule has 1 unspecified atom stereocenters. The third-order valence-electron chi connectivity index (χ3n) is 3.87. The fourth-order valence-electron chi connectivity index (χ4n) is 2.60. The Labute approximate surface area is 153 Å². The van der Waals surface area contributed by atoms with Crippen LogP contribution >= 0.6 is 11.6 Å². The zero-order valence-corrected chi connectivity index (χ0v) is 15.5. The lowest BCUT2D eigenvalue weighted by molar-refractivity contribution is 0.184. The van der Waals surface area contributed by atoms with Gasteiger partial charge in [-0.15, -0.1) is 0 Å². The third-order valence-corrected chi connectivity index (χ3v) is 5.25. The normalized spacial score (nSPS) is 12.4. The molecular weight excluding hydrogens is 360 g/mol. The molecule has 0 bridgehead atoms. The Hall–Kier alpha value is -1.86. The van der Waals surface area contributed by atoms with Crippen LogP contribution in [0.4, 0.5) is 0 Å². The maximum absolute atomic E-state index is 12.8. The summed E-state index contributed by atoms with van der Waals surface area (Å²) in [5.74, 6) is 0.746. The molecule has 0 aliphatic heterocycles. The fourth-order valence-corrected chi connectivity index (χ4v) is 3.76. The first-order valence-electron chi connectivity index (χ1n) is 7.69. The Morgan fingerprint density at radius 2 is 1.92 bits per heavy atom. The second-order valence-corrected chi connectivity index (χ2v) is 7.16. The van der Waals surface area contributed by atoms with Gasteiger partial charge >= 0.3 is 0 Å². The molecule has 0 spiro atoms. The first-order valence-corrected chi connectivity index (χ1v) is 9.22. The number of benzene rings is 2. The van der Waals surface area contributed by atoms with Gasteiger partial charge < -0.3 is 14.5 Å². The topological polar surface area (TPSA) is 63.3 Å². The molecular formula is C18H19ClN2O3S. The lowest BCUT2D eigenvalue weighted by Gasteiger charge is -2.07. The number of methoxy groups -OCH3 is 2. The van der Waals surface area contributed by atoms with E-state index in [1.54, 1.807) is 14.2 Å². The molecule has 2 aromatic carbocycles. The second-order valence-electron chi connectivity index (χ2n) is 5.49. The smallest absolute Gasteiger partial charge is 0.142 e. The quantitative estimate of drug-likeness (QED) is 0.657. The summed E-state index contributed by atoms with van der Waals surface area (Å²) in [7, 11) is 1.84. The highest BCUT2D eigenvalue weighted by atomic mass is 35.5. The van der Waals surface area contributed by atoms with Crippen LogP contribution in [0.2, 0.25) is 5.02 Å². The standard InChI is InChI=1S/C18H19ClN2O3S/c1-23-11-16-15-9-14(24-2)7-8-17(15)21-18(16)25(22)20-10-12-3-5-13(19)6-4-12/h3-9,20-21H,10-11H2,1-2H3. The fraction of sp³-hybridized carbons (Fsp3) is 0.222. The monoisotopic (exact) mass is 378 g/mol. The molecule has 0 radical (unpaired) electrons. The van der Waals surface area contributed by atoms with Crippen molar-refractivity contribution < 1.29 is 13.7 Å². The van der Waals surface area contributed by atoms with Crippen molar-refractivity contribution in [3.05, 3.63) is 58.6 Å². The van der Waals surface area contributed by atoms with Crippen molar-refractivity contribution in [2.24, 2.45) is 0 Å². The zero-order valence-electron chi connectivity index (χ0n) is 14.0. The van der Waals surface area contributed by atoms with Crippen molar-refractivity contribution in [3.8, 4) is 5.75 Å². The third kappa shape index (κ3) is 4.04. The van der Waals surface area contributed by atoms with Crippen LogP contribution in [0.5, 0.6) is 5.75 Å². The van der Waals surface area contributed by atoms with Gasteiger partial charge in [-0.25, -0.2) is 8.93 Å². The molecule has 2 N–H and O–H groups in total. The van der Waals surface area contributed by atoms with Crippen molar-refractivity contribution in [3.63, 3.8) is 0 Å². The highest BCUT2D eigenvalue weighted by Gasteiger charge is 2.17. The number of ether oxygens (including phenoxy) is 2. The van der Waals surface area contributed by atoms with E-state index in [9.17, 15) is 4.21 Å². The molecule has 0 aliphatic carbocycles. The molecule has 0 amide bonds. The minimum Gasteiger partial charge on any atom is -0.497 e. The predicted octanol–water partition coefficient (Wildman–Crippen LogP) is 3.79. The van der Waals surface area contributed by atoms with Gasteiger partial charge in [0.2, 0.25) is 0 Å². The summed E-state index contributed by atoms with van der Waals surface area (Å²) in [6.07, 6.45) is 0. The van der Waals surface area contributed by atoms with Gasteiger partial charge in [-0.3, -0.25) is 0 Å². The Kier molecular flexibility index (Phi) is 5.75. The first kappa shape index (κ1) is 17.9. The van der Waals surface area contributed by atoms with Crippen LogP contribution in [-0.2, 0) is 28.9 Å². The van der Waals surface area contributed by atoms with E-state index in [-0.39, 0.29) is 0 Å². The Morgan fingerprint density at radius 1 is 1.16 bits per heavy atom. The van der Waals surface area contributed by atoms with Crippen LogP contribution in [-0.4, -0.2) is 23.4 Å². The Morgan fingerprint density at radius 3 is 2.60 bits per heavy atom. The van der Waals surface area contributed by atoms with Crippen molar-refractivity contribution in [2.45, 2.75) is 18.2 Å². The van der Waals surface area contributed by atoms with E-state index in [1.165, 1.54) is 0 Å². The zero-order chi connectivity index (χ0) is 17.8. The molecule has 3 aromatic rings. The van der Waals surface area contributed by atoms with E-state index >= 15 is 0 Å².